The summed E-state index contributed by atoms with van der Waals surface area (Å²) in [4.78, 5) is 47.8. The molecule has 2 aromatic heterocycles. The highest BCUT2D eigenvalue weighted by atomic mass is 32.1. The van der Waals surface area contributed by atoms with Gasteiger partial charge in [-0.1, -0.05) is 38.5 Å². The first-order valence-corrected chi connectivity index (χ1v) is 18.1. The number of aliphatic carboxylic acids is 1. The molecule has 2 aliphatic rings. The Morgan fingerprint density at radius 3 is 2.47 bits per heavy atom. The number of carbonyl (C=O) groups excluding carboxylic acids is 2. The van der Waals surface area contributed by atoms with E-state index in [2.05, 4.69) is 4.98 Å². The standard InChI is InChI=1S/C37H44F3N3O7S/c1-4-9-30-36(50-26-21-25(3)51-23-26,13-8-17-43(30)33(46)32-28(37(38,39)40)11-7-16-41-32)34(47)42-18-14-35(48,15-19-42)27-10-5-6-12-29(27)49-22-24(2)20-31(44)45/h5-7,10-12,16,21,23-24,30,48H,4,8-9,13-15,17-20,22H2,1-3H3,(H,44,45)/t24-,30+,36-/m0/s1. The van der Waals surface area contributed by atoms with E-state index in [1.54, 1.807) is 47.5 Å². The number of rotatable bonds is 12. The van der Waals surface area contributed by atoms with Crippen molar-refractivity contribution in [1.29, 1.82) is 0 Å². The number of hydrogen-bond acceptors (Lipinski definition) is 8. The molecule has 0 aliphatic carbocycles. The molecule has 0 unspecified atom stereocenters. The van der Waals surface area contributed by atoms with Crippen LogP contribution in [0.1, 0.15) is 85.3 Å². The number of para-hydroxylation sites is 1. The van der Waals surface area contributed by atoms with E-state index in [1.807, 2.05) is 13.8 Å². The van der Waals surface area contributed by atoms with E-state index >= 15 is 0 Å². The second kappa shape index (κ2) is 15.6. The molecule has 3 atom stereocenters. The van der Waals surface area contributed by atoms with Crippen LogP contribution in [-0.4, -0.2) is 80.7 Å². The average molecular weight is 732 g/mol. The molecule has 5 rings (SSSR count). The largest absolute Gasteiger partial charge is 0.493 e. The SMILES string of the molecule is CCC[C@H]1N(C(=O)c2ncccc2C(F)(F)F)CCC[C@@]1(Oc1csc(C)c1)C(=O)N1CCC(O)(c2ccccc2OC[C@@H](C)CC(=O)O)CC1. The molecule has 51 heavy (non-hydrogen) atoms. The van der Waals surface area contributed by atoms with Crippen molar-refractivity contribution in [2.24, 2.45) is 5.92 Å². The lowest BCUT2D eigenvalue weighted by Crippen LogP contribution is -2.68. The number of carbonyl (C=O) groups is 3. The zero-order valence-electron chi connectivity index (χ0n) is 28.9. The third kappa shape index (κ3) is 8.33. The Labute approximate surface area is 299 Å². The number of carboxylic acid groups (broad SMARTS) is 1. The third-order valence-electron chi connectivity index (χ3n) is 9.68. The molecule has 2 N–H and O–H groups in total. The zero-order valence-corrected chi connectivity index (χ0v) is 29.8. The van der Waals surface area contributed by atoms with Gasteiger partial charge in [-0.2, -0.15) is 13.2 Å². The third-order valence-corrected chi connectivity index (χ3v) is 10.5. The molecule has 276 valence electrons. The first-order chi connectivity index (χ1) is 24.2. The minimum absolute atomic E-state index is 0.0638. The van der Waals surface area contributed by atoms with Crippen molar-refractivity contribution in [1.82, 2.24) is 14.8 Å². The maximum absolute atomic E-state index is 14.9. The topological polar surface area (TPSA) is 130 Å². The summed E-state index contributed by atoms with van der Waals surface area (Å²) in [5.41, 5.74) is -4.29. The number of hydrogen-bond donors (Lipinski definition) is 2. The molecule has 2 amide bonds. The maximum Gasteiger partial charge on any atom is 0.418 e. The second-order valence-electron chi connectivity index (χ2n) is 13.5. The summed E-state index contributed by atoms with van der Waals surface area (Å²) in [7, 11) is 0. The van der Waals surface area contributed by atoms with Crippen LogP contribution in [0.4, 0.5) is 13.2 Å². The molecule has 0 radical (unpaired) electrons. The van der Waals surface area contributed by atoms with Crippen molar-refractivity contribution in [2.45, 2.75) is 89.1 Å². The number of nitrogens with zero attached hydrogens (tertiary/aromatic N) is 3. The lowest BCUT2D eigenvalue weighted by atomic mass is 9.78. The zero-order chi connectivity index (χ0) is 37.0. The van der Waals surface area contributed by atoms with Crippen molar-refractivity contribution in [3.63, 3.8) is 0 Å². The highest BCUT2D eigenvalue weighted by Gasteiger charge is 2.56. The molecular weight excluding hydrogens is 687 g/mol. The monoisotopic (exact) mass is 731 g/mol. The van der Waals surface area contributed by atoms with Crippen LogP contribution in [0.3, 0.4) is 0 Å². The van der Waals surface area contributed by atoms with E-state index in [0.29, 0.717) is 29.9 Å². The molecule has 0 spiro atoms. The Bertz CT molecular complexity index is 1710. The van der Waals surface area contributed by atoms with Crippen molar-refractivity contribution in [3.05, 3.63) is 75.7 Å². The summed E-state index contributed by atoms with van der Waals surface area (Å²) in [5.74, 6) is -1.63. The molecule has 4 heterocycles. The number of likely N-dealkylation sites (tertiary alicyclic amines) is 2. The minimum Gasteiger partial charge on any atom is -0.493 e. The van der Waals surface area contributed by atoms with Crippen molar-refractivity contribution >= 4 is 29.1 Å². The summed E-state index contributed by atoms with van der Waals surface area (Å²) < 4.78 is 54.7. The number of benzene rings is 1. The summed E-state index contributed by atoms with van der Waals surface area (Å²) in [5, 5.41) is 22.8. The van der Waals surface area contributed by atoms with Gasteiger partial charge >= 0.3 is 12.1 Å². The van der Waals surface area contributed by atoms with Crippen molar-refractivity contribution in [3.8, 4) is 11.5 Å². The van der Waals surface area contributed by atoms with Gasteiger partial charge in [0, 0.05) is 54.0 Å². The van der Waals surface area contributed by atoms with Crippen LogP contribution in [0, 0.1) is 12.8 Å². The summed E-state index contributed by atoms with van der Waals surface area (Å²) in [6.45, 7) is 6.08. The van der Waals surface area contributed by atoms with Gasteiger partial charge in [-0.3, -0.25) is 19.4 Å². The number of pyridine rings is 1. The van der Waals surface area contributed by atoms with Crippen molar-refractivity contribution < 1.29 is 47.2 Å². The highest BCUT2D eigenvalue weighted by molar-refractivity contribution is 7.10. The molecule has 2 saturated heterocycles. The fourth-order valence-electron chi connectivity index (χ4n) is 7.21. The van der Waals surface area contributed by atoms with Crippen LogP contribution in [0.25, 0.3) is 0 Å². The fraction of sp³-hybridized carbons (Fsp3) is 0.514. The van der Waals surface area contributed by atoms with E-state index in [1.165, 1.54) is 16.2 Å². The highest BCUT2D eigenvalue weighted by Crippen LogP contribution is 2.43. The molecule has 0 saturated carbocycles. The van der Waals surface area contributed by atoms with Gasteiger partial charge in [0.05, 0.1) is 30.2 Å². The number of piperidine rings is 2. The van der Waals surface area contributed by atoms with Crippen LogP contribution in [0.5, 0.6) is 11.5 Å². The Morgan fingerprint density at radius 1 is 1.10 bits per heavy atom. The van der Waals surface area contributed by atoms with Gasteiger partial charge in [-0.05, 0) is 56.9 Å². The average Bonchev–Trinajstić information content (AvgIpc) is 3.51. The smallest absolute Gasteiger partial charge is 0.418 e. The minimum atomic E-state index is -4.81. The fourth-order valence-corrected chi connectivity index (χ4v) is 7.81. The molecular formula is C37H44F3N3O7S. The first kappa shape index (κ1) is 38.1. The van der Waals surface area contributed by atoms with E-state index in [-0.39, 0.29) is 64.3 Å². The van der Waals surface area contributed by atoms with Crippen LogP contribution < -0.4 is 9.47 Å². The van der Waals surface area contributed by atoms with Crippen LogP contribution in [-0.2, 0) is 21.4 Å². The lowest BCUT2D eigenvalue weighted by molar-refractivity contribution is -0.163. The van der Waals surface area contributed by atoms with Gasteiger partial charge in [-0.25, -0.2) is 0 Å². The molecule has 0 bridgehead atoms. The molecule has 1 aromatic carbocycles. The number of amides is 2. The number of thiophene rings is 1. The normalized spacial score (nSPS) is 21.2. The van der Waals surface area contributed by atoms with Gasteiger partial charge in [0.1, 0.15) is 17.2 Å². The number of halogens is 3. The molecule has 14 heteroatoms. The van der Waals surface area contributed by atoms with Gasteiger partial charge < -0.3 is 29.5 Å². The molecule has 3 aromatic rings. The number of aryl methyl sites for hydroxylation is 1. The van der Waals surface area contributed by atoms with E-state index < -0.39 is 52.5 Å². The van der Waals surface area contributed by atoms with Crippen LogP contribution >= 0.6 is 11.3 Å². The predicted octanol–water partition coefficient (Wildman–Crippen LogP) is 6.69. The quantitative estimate of drug-likeness (QED) is 0.211. The number of aromatic nitrogens is 1. The molecule has 2 fully saturated rings. The van der Waals surface area contributed by atoms with Gasteiger partial charge in [-0.15, -0.1) is 11.3 Å². The predicted molar refractivity (Wildman–Crippen MR) is 184 cm³/mol. The lowest BCUT2D eigenvalue weighted by Gasteiger charge is -2.51. The Kier molecular flexibility index (Phi) is 11.6. The Morgan fingerprint density at radius 2 is 1.82 bits per heavy atom. The van der Waals surface area contributed by atoms with Crippen LogP contribution in [0.2, 0.25) is 0 Å². The number of ether oxygens (including phenoxy) is 2. The summed E-state index contributed by atoms with van der Waals surface area (Å²) >= 11 is 1.43. The van der Waals surface area contributed by atoms with Gasteiger partial charge in [0.2, 0.25) is 5.60 Å². The Balaban J connectivity index is 1.44. The van der Waals surface area contributed by atoms with Gasteiger partial charge in [0.25, 0.3) is 11.8 Å². The van der Waals surface area contributed by atoms with E-state index in [9.17, 15) is 32.7 Å². The number of aliphatic hydroxyl groups is 1. The second-order valence-corrected chi connectivity index (χ2v) is 14.6. The van der Waals surface area contributed by atoms with E-state index in [0.717, 1.165) is 23.2 Å². The number of carboxylic acids is 1. The summed E-state index contributed by atoms with van der Waals surface area (Å²) in [6, 6.07) is 9.89. The summed E-state index contributed by atoms with van der Waals surface area (Å²) in [6.07, 6.45) is -2.07. The number of alkyl halides is 3. The van der Waals surface area contributed by atoms with Gasteiger partial charge in [0.15, 0.2) is 0 Å². The first-order valence-electron chi connectivity index (χ1n) is 17.2. The maximum atomic E-state index is 14.9. The van der Waals surface area contributed by atoms with E-state index in [4.69, 9.17) is 14.6 Å². The molecule has 2 aliphatic heterocycles. The van der Waals surface area contributed by atoms with Crippen LogP contribution in [0.15, 0.2) is 54.0 Å². The van der Waals surface area contributed by atoms with Crippen molar-refractivity contribution in [2.75, 3.05) is 26.2 Å². The Hall–Kier alpha value is -4.17. The molecule has 10 nitrogen and oxygen atoms in total.